The van der Waals surface area contributed by atoms with Gasteiger partial charge in [0.15, 0.2) is 0 Å². The Balaban J connectivity index is 3.21. The summed E-state index contributed by atoms with van der Waals surface area (Å²) in [6, 6.07) is 2.67. The Labute approximate surface area is 154 Å². The molecule has 1 aromatic rings. The van der Waals surface area contributed by atoms with Gasteiger partial charge in [0.1, 0.15) is 11.6 Å². The van der Waals surface area contributed by atoms with E-state index < -0.39 is 40.4 Å². The van der Waals surface area contributed by atoms with Crippen molar-refractivity contribution in [1.82, 2.24) is 0 Å². The van der Waals surface area contributed by atoms with Crippen LogP contribution in [0.15, 0.2) is 34.8 Å². The number of non-ortho nitro benzene ring substituents is 1. The first kappa shape index (κ1) is 22.9. The van der Waals surface area contributed by atoms with E-state index in [4.69, 9.17) is 0 Å². The molecule has 0 amide bonds. The molecule has 0 aromatic heterocycles. The van der Waals surface area contributed by atoms with Gasteiger partial charge in [0, 0.05) is 12.1 Å². The molecule has 28 heavy (non-hydrogen) atoms. The summed E-state index contributed by atoms with van der Waals surface area (Å²) in [4.78, 5) is 32.1. The Morgan fingerprint density at radius 1 is 1.14 bits per heavy atom. The molecule has 0 aliphatic rings. The summed E-state index contributed by atoms with van der Waals surface area (Å²) in [7, 11) is 0. The molecular weight excluding hydrogens is 424 g/mol. The number of Topliss-reactive ketones (excluding diaryl/α,β-unsaturated/α-hetero) is 2. The zero-order valence-electron chi connectivity index (χ0n) is 13.1. The highest BCUT2D eigenvalue weighted by atomic mass is 32.1. The average Bonchev–Trinajstić information content (AvgIpc) is 2.57. The molecule has 0 saturated heterocycles. The second-order valence-corrected chi connectivity index (χ2v) is 5.16. The summed E-state index contributed by atoms with van der Waals surface area (Å²) >= 11 is -0.372. The molecule has 1 rings (SSSR count). The summed E-state index contributed by atoms with van der Waals surface area (Å²) in [5, 5.41) is 12.8. The van der Waals surface area contributed by atoms with Crippen molar-refractivity contribution < 1.29 is 45.1 Å². The number of ketones is 2. The van der Waals surface area contributed by atoms with Gasteiger partial charge < -0.3 is 5.32 Å². The van der Waals surface area contributed by atoms with E-state index in [1.54, 1.807) is 0 Å². The second-order valence-electron chi connectivity index (χ2n) is 4.83. The first-order chi connectivity index (χ1) is 12.8. The van der Waals surface area contributed by atoms with Gasteiger partial charge in [-0.3, -0.25) is 19.7 Å². The molecule has 0 radical (unpaired) electrons. The quantitative estimate of drug-likeness (QED) is 0.306. The van der Waals surface area contributed by atoms with E-state index in [1.165, 1.54) is 0 Å². The smallest absolute Gasteiger partial charge is 0.360 e. The topological polar surface area (TPSA) is 119 Å². The van der Waals surface area contributed by atoms with Gasteiger partial charge >= 0.3 is 12.4 Å². The van der Waals surface area contributed by atoms with Crippen molar-refractivity contribution in [3.05, 3.63) is 40.6 Å². The summed E-state index contributed by atoms with van der Waals surface area (Å²) in [5.74, 6) is -9.06. The number of anilines is 1. The van der Waals surface area contributed by atoms with Crippen LogP contribution in [-0.4, -0.2) is 33.1 Å². The fourth-order valence-corrected chi connectivity index (χ4v) is 1.98. The van der Waals surface area contributed by atoms with Crippen molar-refractivity contribution in [2.45, 2.75) is 12.4 Å². The minimum Gasteiger partial charge on any atom is -0.360 e. The third-order valence-corrected chi connectivity index (χ3v) is 3.25. The van der Waals surface area contributed by atoms with Crippen molar-refractivity contribution in [3.8, 4) is 0 Å². The lowest BCUT2D eigenvalue weighted by molar-refractivity contribution is -0.384. The Bertz CT molecular complexity index is 850. The highest BCUT2D eigenvalue weighted by Gasteiger charge is 2.52. The first-order valence-electron chi connectivity index (χ1n) is 6.72. The van der Waals surface area contributed by atoms with Crippen LogP contribution in [0.4, 0.5) is 43.4 Å². The lowest BCUT2D eigenvalue weighted by atomic mass is 9.98. The number of nitrogens with zero attached hydrogens (tertiary/aromatic N) is 2. The molecule has 1 aromatic carbocycles. The second kappa shape index (κ2) is 8.73. The van der Waals surface area contributed by atoms with Crippen LogP contribution >= 0.6 is 0 Å². The maximum atomic E-state index is 12.4. The van der Waals surface area contributed by atoms with E-state index in [-0.39, 0.29) is 28.9 Å². The monoisotopic (exact) mass is 431 g/mol. The molecule has 0 fully saturated rings. The SMILES string of the molecule is O=S=Nc1cc([N+](=O)[O-])ccc1N/C=C/C(C(=O)C(F)(F)F)C(=O)C(F)(F)F. The Hall–Kier alpha value is -3.10. The van der Waals surface area contributed by atoms with Crippen molar-refractivity contribution >= 4 is 40.1 Å². The van der Waals surface area contributed by atoms with Crippen molar-refractivity contribution in [2.75, 3.05) is 5.32 Å². The van der Waals surface area contributed by atoms with E-state index in [0.29, 0.717) is 6.20 Å². The highest BCUT2D eigenvalue weighted by Crippen LogP contribution is 2.31. The van der Waals surface area contributed by atoms with Crippen molar-refractivity contribution in [2.24, 2.45) is 10.3 Å². The maximum absolute atomic E-state index is 12.4. The van der Waals surface area contributed by atoms with Gasteiger partial charge in [0.2, 0.25) is 11.5 Å². The molecule has 0 atom stereocenters. The fraction of sp³-hybridized carbons (Fsp3) is 0.231. The number of nitrogens with one attached hydrogen (secondary N) is 1. The number of rotatable bonds is 7. The molecule has 0 bridgehead atoms. The van der Waals surface area contributed by atoms with Crippen LogP contribution in [0.1, 0.15) is 0 Å². The molecule has 0 heterocycles. The number of allylic oxidation sites excluding steroid dienone is 1. The molecule has 0 saturated carbocycles. The zero-order chi connectivity index (χ0) is 21.7. The largest absolute Gasteiger partial charge is 0.451 e. The van der Waals surface area contributed by atoms with Crippen molar-refractivity contribution in [1.29, 1.82) is 0 Å². The summed E-state index contributed by atoms with van der Waals surface area (Å²) in [6.07, 6.45) is -11.0. The van der Waals surface area contributed by atoms with Crippen LogP contribution in [0.3, 0.4) is 0 Å². The van der Waals surface area contributed by atoms with Gasteiger partial charge in [0.05, 0.1) is 10.6 Å². The van der Waals surface area contributed by atoms with Crippen molar-refractivity contribution in [3.63, 3.8) is 0 Å². The Morgan fingerprint density at radius 3 is 2.11 bits per heavy atom. The zero-order valence-corrected chi connectivity index (χ0v) is 13.9. The highest BCUT2D eigenvalue weighted by molar-refractivity contribution is 7.54. The number of benzene rings is 1. The number of nitro groups is 1. The van der Waals surface area contributed by atoms with Gasteiger partial charge in [-0.05, 0) is 18.3 Å². The lowest BCUT2D eigenvalue weighted by Gasteiger charge is -2.15. The van der Waals surface area contributed by atoms with Crippen LogP contribution in [0.5, 0.6) is 0 Å². The Kier molecular flexibility index (Phi) is 7.15. The van der Waals surface area contributed by atoms with E-state index in [9.17, 15) is 50.3 Å². The number of hydrogen-bond acceptors (Lipinski definition) is 7. The normalized spacial score (nSPS) is 12.1. The molecule has 152 valence electrons. The molecular formula is C13H7F6N3O5S. The standard InChI is InChI=1S/C13H7F6N3O5S/c14-12(15,16)10(23)7(11(24)13(17,18)19)3-4-20-8-2-1-6(22(25)26)5-9(8)21-28-27/h1-5,7,20H/b4-3+. The molecule has 0 spiro atoms. The van der Waals surface area contributed by atoms with Gasteiger partial charge in [-0.2, -0.15) is 34.9 Å². The predicted octanol–water partition coefficient (Wildman–Crippen LogP) is 3.43. The van der Waals surface area contributed by atoms with Gasteiger partial charge in [-0.25, -0.2) is 0 Å². The van der Waals surface area contributed by atoms with E-state index in [2.05, 4.69) is 9.68 Å². The third kappa shape index (κ3) is 5.97. The lowest BCUT2D eigenvalue weighted by Crippen LogP contribution is -2.40. The number of carbonyl (C=O) groups is 2. The maximum Gasteiger partial charge on any atom is 0.451 e. The van der Waals surface area contributed by atoms with Gasteiger partial charge in [-0.1, -0.05) is 0 Å². The fourth-order valence-electron chi connectivity index (χ4n) is 1.75. The summed E-state index contributed by atoms with van der Waals surface area (Å²) < 4.78 is 88.4. The molecule has 8 nitrogen and oxygen atoms in total. The van der Waals surface area contributed by atoms with E-state index in [0.717, 1.165) is 18.2 Å². The molecule has 0 aliphatic carbocycles. The molecule has 0 aliphatic heterocycles. The molecule has 15 heteroatoms. The number of carbonyl (C=O) groups excluding carboxylic acids is 2. The van der Waals surface area contributed by atoms with Crippen LogP contribution in [0.25, 0.3) is 0 Å². The molecule has 0 unspecified atom stereocenters. The number of alkyl halides is 6. The minimum absolute atomic E-state index is 0.0289. The van der Waals surface area contributed by atoms with Crippen LogP contribution in [0.2, 0.25) is 0 Å². The van der Waals surface area contributed by atoms with Crippen LogP contribution < -0.4 is 5.32 Å². The molecule has 1 N–H and O–H groups in total. The van der Waals surface area contributed by atoms with E-state index in [1.807, 2.05) is 0 Å². The summed E-state index contributed by atoms with van der Waals surface area (Å²) in [5.41, 5.74) is -1.07. The number of hydrogen-bond donors (Lipinski definition) is 1. The van der Waals surface area contributed by atoms with Crippen LogP contribution in [-0.2, 0) is 21.1 Å². The summed E-state index contributed by atoms with van der Waals surface area (Å²) in [6.45, 7) is 0. The van der Waals surface area contributed by atoms with E-state index >= 15 is 0 Å². The number of halogens is 6. The Morgan fingerprint density at radius 2 is 1.68 bits per heavy atom. The minimum atomic E-state index is -5.71. The first-order valence-corrected chi connectivity index (χ1v) is 7.42. The third-order valence-electron chi connectivity index (χ3n) is 2.98. The number of nitro benzene ring substituents is 1. The van der Waals surface area contributed by atoms with Gasteiger partial charge in [-0.15, -0.1) is 0 Å². The van der Waals surface area contributed by atoms with Gasteiger partial charge in [0.25, 0.3) is 17.3 Å². The average molecular weight is 431 g/mol. The van der Waals surface area contributed by atoms with Crippen LogP contribution in [0, 0.1) is 16.0 Å². The predicted molar refractivity (Wildman–Crippen MR) is 81.7 cm³/mol.